The minimum Gasteiger partial charge on any atom is -0.300 e. The van der Waals surface area contributed by atoms with E-state index in [1.807, 2.05) is 11.8 Å². The second-order valence-corrected chi connectivity index (χ2v) is 10.1. The number of hydrogen-bond acceptors (Lipinski definition) is 4. The highest BCUT2D eigenvalue weighted by molar-refractivity contribution is 7.99. The quantitative estimate of drug-likeness (QED) is 0.813. The van der Waals surface area contributed by atoms with Crippen molar-refractivity contribution in [3.8, 4) is 0 Å². The Morgan fingerprint density at radius 1 is 1.25 bits per heavy atom. The highest BCUT2D eigenvalue weighted by Crippen LogP contribution is 2.26. The molecule has 0 radical (unpaired) electrons. The summed E-state index contributed by atoms with van der Waals surface area (Å²) in [5, 5.41) is 0.570. The van der Waals surface area contributed by atoms with Crippen LogP contribution in [0.15, 0.2) is 24.3 Å². The molecular formula is C17H25ClN2O2S2. The number of likely N-dealkylation sites (tertiary alicyclic amines) is 1. The normalized spacial score (nSPS) is 23.6. The van der Waals surface area contributed by atoms with Gasteiger partial charge in [-0.3, -0.25) is 4.90 Å². The maximum absolute atomic E-state index is 12.3. The fourth-order valence-corrected chi connectivity index (χ4v) is 6.15. The van der Waals surface area contributed by atoms with Crippen LogP contribution in [0, 0.1) is 5.92 Å². The van der Waals surface area contributed by atoms with Crippen LogP contribution in [0.25, 0.3) is 0 Å². The van der Waals surface area contributed by atoms with Gasteiger partial charge in [-0.15, -0.1) is 0 Å². The number of sulfonamides is 1. The zero-order valence-electron chi connectivity index (χ0n) is 13.8. The number of halogens is 1. The van der Waals surface area contributed by atoms with Gasteiger partial charge in [-0.05, 0) is 61.7 Å². The minimum absolute atomic E-state index is 0.00823. The van der Waals surface area contributed by atoms with Crippen molar-refractivity contribution in [2.75, 3.05) is 31.1 Å². The first-order valence-corrected chi connectivity index (χ1v) is 11.7. The fraction of sp³-hybridized carbons (Fsp3) is 0.647. The third kappa shape index (κ3) is 5.36. The van der Waals surface area contributed by atoms with Crippen molar-refractivity contribution in [3.05, 3.63) is 34.9 Å². The van der Waals surface area contributed by atoms with Crippen LogP contribution in [0.5, 0.6) is 0 Å². The molecule has 0 aromatic heterocycles. The summed E-state index contributed by atoms with van der Waals surface area (Å²) in [6.07, 6.45) is 3.48. The van der Waals surface area contributed by atoms with Gasteiger partial charge in [0.15, 0.2) is 0 Å². The van der Waals surface area contributed by atoms with Crippen molar-refractivity contribution in [2.45, 2.75) is 31.1 Å². The number of piperidine rings is 1. The van der Waals surface area contributed by atoms with Crippen LogP contribution in [-0.2, 0) is 15.8 Å². The number of hydrogen-bond donors (Lipinski definition) is 1. The average Bonchev–Trinajstić information content (AvgIpc) is 3.08. The lowest BCUT2D eigenvalue weighted by atomic mass is 9.96. The van der Waals surface area contributed by atoms with E-state index in [1.54, 1.807) is 24.3 Å². The number of nitrogens with one attached hydrogen (secondary N) is 1. The molecular weight excluding hydrogens is 364 g/mol. The van der Waals surface area contributed by atoms with Crippen molar-refractivity contribution in [2.24, 2.45) is 5.92 Å². The van der Waals surface area contributed by atoms with E-state index < -0.39 is 10.0 Å². The predicted octanol–water partition coefficient (Wildman–Crippen LogP) is 2.98. The molecule has 134 valence electrons. The Bertz CT molecular complexity index is 640. The van der Waals surface area contributed by atoms with Crippen LogP contribution in [0.2, 0.25) is 5.02 Å². The molecule has 0 aliphatic carbocycles. The van der Waals surface area contributed by atoms with Gasteiger partial charge in [0.05, 0.1) is 5.75 Å². The summed E-state index contributed by atoms with van der Waals surface area (Å²) in [5.74, 6) is 2.99. The van der Waals surface area contributed by atoms with Gasteiger partial charge in [0.1, 0.15) is 0 Å². The van der Waals surface area contributed by atoms with Crippen molar-refractivity contribution in [1.29, 1.82) is 0 Å². The van der Waals surface area contributed by atoms with E-state index in [1.165, 1.54) is 17.9 Å². The van der Waals surface area contributed by atoms with E-state index in [0.717, 1.165) is 37.5 Å². The maximum atomic E-state index is 12.3. The molecule has 2 saturated heterocycles. The van der Waals surface area contributed by atoms with E-state index in [2.05, 4.69) is 9.62 Å². The molecule has 7 heteroatoms. The fourth-order valence-electron chi connectivity index (χ4n) is 3.47. The molecule has 24 heavy (non-hydrogen) atoms. The van der Waals surface area contributed by atoms with Gasteiger partial charge in [0, 0.05) is 23.4 Å². The van der Waals surface area contributed by atoms with Crippen LogP contribution in [-0.4, -0.2) is 50.5 Å². The van der Waals surface area contributed by atoms with E-state index in [4.69, 9.17) is 11.6 Å². The highest BCUT2D eigenvalue weighted by Gasteiger charge is 2.27. The Hall–Kier alpha value is -0.270. The molecule has 1 aromatic carbocycles. The number of rotatable bonds is 6. The average molecular weight is 389 g/mol. The molecule has 4 nitrogen and oxygen atoms in total. The minimum atomic E-state index is -3.31. The van der Waals surface area contributed by atoms with Crippen LogP contribution in [0.4, 0.5) is 0 Å². The predicted molar refractivity (Wildman–Crippen MR) is 102 cm³/mol. The maximum Gasteiger partial charge on any atom is 0.215 e. The summed E-state index contributed by atoms with van der Waals surface area (Å²) in [5.41, 5.74) is 0.726. The van der Waals surface area contributed by atoms with Crippen molar-refractivity contribution >= 4 is 33.4 Å². The van der Waals surface area contributed by atoms with Gasteiger partial charge >= 0.3 is 0 Å². The van der Waals surface area contributed by atoms with Gasteiger partial charge in [0.25, 0.3) is 0 Å². The summed E-state index contributed by atoms with van der Waals surface area (Å²) in [6.45, 7) is 2.76. The zero-order valence-corrected chi connectivity index (χ0v) is 16.2. The molecule has 0 spiro atoms. The molecule has 2 fully saturated rings. The first-order valence-electron chi connectivity index (χ1n) is 8.55. The van der Waals surface area contributed by atoms with Crippen molar-refractivity contribution in [1.82, 2.24) is 9.62 Å². The standard InChI is InChI=1S/C17H25ClN2O2S2/c18-16-3-1-2-15(10-16)13-24(21,22)19-11-14-4-7-20(8-5-14)17-6-9-23-12-17/h1-3,10,14,17,19H,4-9,11-13H2. The van der Waals surface area contributed by atoms with E-state index in [-0.39, 0.29) is 5.75 Å². The summed E-state index contributed by atoms with van der Waals surface area (Å²) in [6, 6.07) is 7.78. The number of benzene rings is 1. The van der Waals surface area contributed by atoms with Gasteiger partial charge in [0.2, 0.25) is 10.0 Å². The summed E-state index contributed by atoms with van der Waals surface area (Å²) >= 11 is 7.97. The van der Waals surface area contributed by atoms with E-state index in [9.17, 15) is 8.42 Å². The zero-order chi connectivity index (χ0) is 17.0. The summed E-state index contributed by atoms with van der Waals surface area (Å²) in [4.78, 5) is 2.59. The molecule has 3 rings (SSSR count). The molecule has 2 aliphatic heterocycles. The Morgan fingerprint density at radius 3 is 2.71 bits per heavy atom. The van der Waals surface area contributed by atoms with Crippen LogP contribution >= 0.6 is 23.4 Å². The molecule has 1 N–H and O–H groups in total. The molecule has 2 aliphatic rings. The molecule has 0 amide bonds. The number of thioether (sulfide) groups is 1. The van der Waals surface area contributed by atoms with Crippen LogP contribution < -0.4 is 4.72 Å². The van der Waals surface area contributed by atoms with Crippen molar-refractivity contribution < 1.29 is 8.42 Å². The topological polar surface area (TPSA) is 49.4 Å². The third-order valence-electron chi connectivity index (χ3n) is 4.91. The van der Waals surface area contributed by atoms with Crippen LogP contribution in [0.1, 0.15) is 24.8 Å². The van der Waals surface area contributed by atoms with E-state index in [0.29, 0.717) is 17.5 Å². The summed E-state index contributed by atoms with van der Waals surface area (Å²) in [7, 11) is -3.31. The Labute approximate surface area is 154 Å². The lowest BCUT2D eigenvalue weighted by Gasteiger charge is -2.35. The first-order chi connectivity index (χ1) is 11.5. The lowest BCUT2D eigenvalue weighted by Crippen LogP contribution is -2.43. The molecule has 0 bridgehead atoms. The SMILES string of the molecule is O=S(=O)(Cc1cccc(Cl)c1)NCC1CCN(C2CCSC2)CC1. The molecule has 1 aromatic rings. The Kier molecular flexibility index (Phi) is 6.49. The second-order valence-electron chi connectivity index (χ2n) is 6.73. The van der Waals surface area contributed by atoms with E-state index >= 15 is 0 Å². The summed E-state index contributed by atoms with van der Waals surface area (Å²) < 4.78 is 27.3. The van der Waals surface area contributed by atoms with Crippen LogP contribution in [0.3, 0.4) is 0 Å². The Balaban J connectivity index is 1.43. The Morgan fingerprint density at radius 2 is 2.04 bits per heavy atom. The van der Waals surface area contributed by atoms with Gasteiger partial charge < -0.3 is 0 Å². The third-order valence-corrected chi connectivity index (χ3v) is 7.61. The second kappa shape index (κ2) is 8.41. The smallest absolute Gasteiger partial charge is 0.215 e. The van der Waals surface area contributed by atoms with Gasteiger partial charge in [-0.2, -0.15) is 11.8 Å². The van der Waals surface area contributed by atoms with Gasteiger partial charge in [-0.1, -0.05) is 23.7 Å². The molecule has 1 atom stereocenters. The van der Waals surface area contributed by atoms with Crippen molar-refractivity contribution in [3.63, 3.8) is 0 Å². The monoisotopic (exact) mass is 388 g/mol. The molecule has 2 heterocycles. The first kappa shape index (κ1) is 18.5. The van der Waals surface area contributed by atoms with Gasteiger partial charge in [-0.25, -0.2) is 13.1 Å². The lowest BCUT2D eigenvalue weighted by molar-refractivity contribution is 0.145. The molecule has 1 unspecified atom stereocenters. The molecule has 0 saturated carbocycles. The number of nitrogens with zero attached hydrogens (tertiary/aromatic N) is 1. The highest BCUT2D eigenvalue weighted by atomic mass is 35.5. The largest absolute Gasteiger partial charge is 0.300 e.